The minimum Gasteiger partial charge on any atom is -0.311 e. The number of nitrogens with one attached hydrogen (secondary N) is 1. The van der Waals surface area contributed by atoms with Gasteiger partial charge in [-0.1, -0.05) is 11.6 Å². The molecule has 1 aromatic rings. The van der Waals surface area contributed by atoms with E-state index in [0.717, 1.165) is 24.7 Å². The summed E-state index contributed by atoms with van der Waals surface area (Å²) in [5.41, 5.74) is 0. The van der Waals surface area contributed by atoms with Gasteiger partial charge in [0.25, 0.3) is 0 Å². The second-order valence-electron chi connectivity index (χ2n) is 4.55. The topological polar surface area (TPSA) is 18.5 Å². The third-order valence-corrected chi connectivity index (χ3v) is 4.41. The van der Waals surface area contributed by atoms with Crippen LogP contribution in [0.1, 0.15) is 4.88 Å². The zero-order valence-electron chi connectivity index (χ0n) is 10.3. The summed E-state index contributed by atoms with van der Waals surface area (Å²) >= 11 is 7.60. The van der Waals surface area contributed by atoms with Gasteiger partial charge in [-0.15, -0.1) is 11.3 Å². The highest BCUT2D eigenvalue weighted by Gasteiger charge is 2.12. The van der Waals surface area contributed by atoms with Crippen LogP contribution >= 0.6 is 22.9 Å². The molecule has 0 aromatic carbocycles. The van der Waals surface area contributed by atoms with Gasteiger partial charge in [0, 0.05) is 56.1 Å². The van der Waals surface area contributed by atoms with E-state index in [2.05, 4.69) is 22.2 Å². The van der Waals surface area contributed by atoms with Crippen LogP contribution in [0.5, 0.6) is 0 Å². The van der Waals surface area contributed by atoms with E-state index in [1.54, 1.807) is 11.3 Å². The fourth-order valence-corrected chi connectivity index (χ4v) is 3.01. The molecule has 3 nitrogen and oxygen atoms in total. The highest BCUT2D eigenvalue weighted by molar-refractivity contribution is 7.10. The molecule has 2 heterocycles. The summed E-state index contributed by atoms with van der Waals surface area (Å²) in [5, 5.41) is 6.31. The molecule has 1 aromatic heterocycles. The van der Waals surface area contributed by atoms with Gasteiger partial charge in [0.15, 0.2) is 0 Å². The summed E-state index contributed by atoms with van der Waals surface area (Å²) in [7, 11) is 2.19. The molecule has 96 valence electrons. The van der Waals surface area contributed by atoms with Gasteiger partial charge in [0.05, 0.1) is 5.02 Å². The third-order valence-electron chi connectivity index (χ3n) is 3.12. The normalized spacial score (nSPS) is 18.7. The van der Waals surface area contributed by atoms with Gasteiger partial charge in [0.1, 0.15) is 0 Å². The fourth-order valence-electron chi connectivity index (χ4n) is 1.97. The SMILES string of the molecule is CN1CCN(CCNCc2cc(Cl)cs2)CC1. The van der Waals surface area contributed by atoms with Crippen molar-refractivity contribution in [2.75, 3.05) is 46.3 Å². The molecular formula is C12H20ClN3S. The number of likely N-dealkylation sites (N-methyl/N-ethyl adjacent to an activating group) is 1. The number of hydrogen-bond acceptors (Lipinski definition) is 4. The van der Waals surface area contributed by atoms with Crippen LogP contribution in [0.25, 0.3) is 0 Å². The summed E-state index contributed by atoms with van der Waals surface area (Å²) in [4.78, 5) is 6.22. The summed E-state index contributed by atoms with van der Waals surface area (Å²) in [6.07, 6.45) is 0. The molecular weight excluding hydrogens is 254 g/mol. The summed E-state index contributed by atoms with van der Waals surface area (Å²) in [5.74, 6) is 0. The van der Waals surface area contributed by atoms with Crippen LogP contribution in [0.4, 0.5) is 0 Å². The Morgan fingerprint density at radius 1 is 1.35 bits per heavy atom. The Bertz CT molecular complexity index is 334. The number of nitrogens with zero attached hydrogens (tertiary/aromatic N) is 2. The highest BCUT2D eigenvalue weighted by Crippen LogP contribution is 2.18. The minimum absolute atomic E-state index is 0.853. The molecule has 0 spiro atoms. The molecule has 5 heteroatoms. The zero-order chi connectivity index (χ0) is 12.1. The Hall–Kier alpha value is -0.130. The van der Waals surface area contributed by atoms with Crippen LogP contribution in [-0.4, -0.2) is 56.1 Å². The summed E-state index contributed by atoms with van der Waals surface area (Å²) < 4.78 is 0. The van der Waals surface area contributed by atoms with Gasteiger partial charge in [-0.25, -0.2) is 0 Å². The van der Waals surface area contributed by atoms with Gasteiger partial charge in [-0.3, -0.25) is 4.90 Å². The first-order valence-electron chi connectivity index (χ1n) is 6.08. The van der Waals surface area contributed by atoms with Crippen LogP contribution < -0.4 is 5.32 Å². The predicted molar refractivity (Wildman–Crippen MR) is 75.0 cm³/mol. The van der Waals surface area contributed by atoms with E-state index in [4.69, 9.17) is 11.6 Å². The van der Waals surface area contributed by atoms with Crippen LogP contribution in [0.15, 0.2) is 11.4 Å². The molecule has 1 fully saturated rings. The maximum Gasteiger partial charge on any atom is 0.0516 e. The standard InChI is InChI=1S/C12H20ClN3S/c1-15-4-6-16(7-5-15)3-2-14-9-12-8-11(13)10-17-12/h8,10,14H,2-7,9H2,1H3. The van der Waals surface area contributed by atoms with Crippen molar-refractivity contribution in [2.24, 2.45) is 0 Å². The van der Waals surface area contributed by atoms with Crippen molar-refractivity contribution in [3.63, 3.8) is 0 Å². The Kier molecular flexibility index (Phi) is 5.25. The molecule has 0 aliphatic carbocycles. The fraction of sp³-hybridized carbons (Fsp3) is 0.667. The van der Waals surface area contributed by atoms with E-state index < -0.39 is 0 Å². The van der Waals surface area contributed by atoms with Crippen molar-refractivity contribution in [3.8, 4) is 0 Å². The van der Waals surface area contributed by atoms with Gasteiger partial charge in [0.2, 0.25) is 0 Å². The molecule has 1 N–H and O–H groups in total. The van der Waals surface area contributed by atoms with Crippen LogP contribution in [0.2, 0.25) is 5.02 Å². The average Bonchev–Trinajstić information content (AvgIpc) is 2.73. The van der Waals surface area contributed by atoms with Gasteiger partial charge < -0.3 is 10.2 Å². The molecule has 0 radical (unpaired) electrons. The molecule has 0 unspecified atom stereocenters. The van der Waals surface area contributed by atoms with Gasteiger partial charge in [-0.05, 0) is 13.1 Å². The number of halogens is 1. The van der Waals surface area contributed by atoms with Gasteiger partial charge in [-0.2, -0.15) is 0 Å². The molecule has 0 amide bonds. The Morgan fingerprint density at radius 3 is 2.76 bits per heavy atom. The lowest BCUT2D eigenvalue weighted by molar-refractivity contribution is 0.154. The number of rotatable bonds is 5. The smallest absolute Gasteiger partial charge is 0.0516 e. The van der Waals surface area contributed by atoms with E-state index >= 15 is 0 Å². The molecule has 0 saturated carbocycles. The van der Waals surface area contributed by atoms with Crippen molar-refractivity contribution in [2.45, 2.75) is 6.54 Å². The monoisotopic (exact) mass is 273 g/mol. The Morgan fingerprint density at radius 2 is 2.12 bits per heavy atom. The number of hydrogen-bond donors (Lipinski definition) is 1. The van der Waals surface area contributed by atoms with E-state index in [-0.39, 0.29) is 0 Å². The largest absolute Gasteiger partial charge is 0.311 e. The van der Waals surface area contributed by atoms with E-state index in [1.165, 1.54) is 31.1 Å². The second kappa shape index (κ2) is 6.71. The number of piperazine rings is 1. The van der Waals surface area contributed by atoms with Crippen molar-refractivity contribution < 1.29 is 0 Å². The van der Waals surface area contributed by atoms with E-state index in [1.807, 2.05) is 11.4 Å². The molecule has 0 atom stereocenters. The van der Waals surface area contributed by atoms with E-state index in [9.17, 15) is 0 Å². The second-order valence-corrected chi connectivity index (χ2v) is 5.99. The molecule has 17 heavy (non-hydrogen) atoms. The maximum absolute atomic E-state index is 5.88. The third kappa shape index (κ3) is 4.56. The average molecular weight is 274 g/mol. The van der Waals surface area contributed by atoms with Crippen molar-refractivity contribution in [1.29, 1.82) is 0 Å². The Balaban J connectivity index is 1.57. The summed E-state index contributed by atoms with van der Waals surface area (Å²) in [6.45, 7) is 7.92. The van der Waals surface area contributed by atoms with Crippen LogP contribution in [0.3, 0.4) is 0 Å². The van der Waals surface area contributed by atoms with Crippen molar-refractivity contribution in [1.82, 2.24) is 15.1 Å². The quantitative estimate of drug-likeness (QED) is 0.825. The van der Waals surface area contributed by atoms with Gasteiger partial charge >= 0.3 is 0 Å². The molecule has 2 rings (SSSR count). The Labute approximate surface area is 112 Å². The zero-order valence-corrected chi connectivity index (χ0v) is 11.9. The first-order chi connectivity index (χ1) is 8.24. The first kappa shape index (κ1) is 13.3. The molecule has 1 aliphatic rings. The summed E-state index contributed by atoms with van der Waals surface area (Å²) in [6, 6.07) is 2.04. The first-order valence-corrected chi connectivity index (χ1v) is 7.34. The maximum atomic E-state index is 5.88. The lowest BCUT2D eigenvalue weighted by Gasteiger charge is -2.32. The predicted octanol–water partition coefficient (Wildman–Crippen LogP) is 1.74. The number of thiophene rings is 1. The molecule has 0 bridgehead atoms. The lowest BCUT2D eigenvalue weighted by atomic mass is 10.3. The molecule has 1 aliphatic heterocycles. The van der Waals surface area contributed by atoms with E-state index in [0.29, 0.717) is 0 Å². The lowest BCUT2D eigenvalue weighted by Crippen LogP contribution is -2.46. The van der Waals surface area contributed by atoms with Crippen molar-refractivity contribution >= 4 is 22.9 Å². The van der Waals surface area contributed by atoms with Crippen molar-refractivity contribution in [3.05, 3.63) is 21.3 Å². The minimum atomic E-state index is 0.853. The van der Waals surface area contributed by atoms with Crippen LogP contribution in [-0.2, 0) is 6.54 Å². The highest BCUT2D eigenvalue weighted by atomic mass is 35.5. The molecule has 1 saturated heterocycles. The van der Waals surface area contributed by atoms with Crippen LogP contribution in [0, 0.1) is 0 Å².